The lowest BCUT2D eigenvalue weighted by Crippen LogP contribution is -2.65. The second kappa shape index (κ2) is 8.47. The van der Waals surface area contributed by atoms with E-state index < -0.39 is 80.7 Å². The van der Waals surface area contributed by atoms with Crippen molar-refractivity contribution in [3.63, 3.8) is 0 Å². The Bertz CT molecular complexity index is 424. The highest BCUT2D eigenvalue weighted by Crippen LogP contribution is 2.29. The minimum Gasteiger partial charge on any atom is -0.394 e. The molecule has 0 aromatic heterocycles. The summed E-state index contributed by atoms with van der Waals surface area (Å²) in [5.74, 6) is 0. The molecule has 2 fully saturated rings. The van der Waals surface area contributed by atoms with E-state index >= 15 is 0 Å². The first-order valence-electron chi connectivity index (χ1n) is 7.67. The average Bonchev–Trinajstić information content (AvgIpc) is 2.60. The maximum Gasteiger partial charge on any atom is 0.187 e. The Morgan fingerprint density at radius 3 is 2.00 bits per heavy atom. The lowest BCUT2D eigenvalue weighted by atomic mass is 9.95. The predicted molar refractivity (Wildman–Crippen MR) is 74.6 cm³/mol. The highest BCUT2D eigenvalue weighted by atomic mass is 16.7. The van der Waals surface area contributed by atoms with Crippen LogP contribution in [-0.4, -0.2) is 127 Å². The molecule has 2 heterocycles. The zero-order valence-corrected chi connectivity index (χ0v) is 13.0. The molecule has 148 valence electrons. The van der Waals surface area contributed by atoms with Gasteiger partial charge in [0.25, 0.3) is 0 Å². The molecule has 25 heavy (non-hydrogen) atoms. The van der Waals surface area contributed by atoms with Gasteiger partial charge in [-0.1, -0.05) is 0 Å². The van der Waals surface area contributed by atoms with Crippen LogP contribution in [0.5, 0.6) is 0 Å². The number of aliphatic hydroxyl groups is 9. The Morgan fingerprint density at radius 2 is 1.44 bits per heavy atom. The van der Waals surface area contributed by atoms with Gasteiger partial charge in [-0.2, -0.15) is 0 Å². The number of rotatable bonds is 5. The van der Waals surface area contributed by atoms with Crippen LogP contribution >= 0.6 is 0 Å². The smallest absolute Gasteiger partial charge is 0.187 e. The third-order valence-electron chi connectivity index (χ3n) is 4.31. The topological polar surface area (TPSA) is 210 Å². The molecular formula is C13H24O12. The molecular weight excluding hydrogens is 348 g/mol. The first kappa shape index (κ1) is 20.8. The number of hydrogen-bond donors (Lipinski definition) is 9. The first-order valence-corrected chi connectivity index (χ1v) is 7.67. The van der Waals surface area contributed by atoms with Gasteiger partial charge in [-0.05, 0) is 0 Å². The molecule has 0 aromatic rings. The summed E-state index contributed by atoms with van der Waals surface area (Å²) in [6, 6.07) is 0. The van der Waals surface area contributed by atoms with Crippen molar-refractivity contribution < 1.29 is 60.2 Å². The van der Waals surface area contributed by atoms with Crippen LogP contribution in [0.2, 0.25) is 0 Å². The van der Waals surface area contributed by atoms with Crippen LogP contribution in [0.4, 0.5) is 0 Å². The zero-order valence-electron chi connectivity index (χ0n) is 13.0. The van der Waals surface area contributed by atoms with E-state index in [9.17, 15) is 35.7 Å². The van der Waals surface area contributed by atoms with E-state index in [1.54, 1.807) is 0 Å². The molecule has 11 unspecified atom stereocenters. The van der Waals surface area contributed by atoms with Crippen molar-refractivity contribution in [2.45, 2.75) is 67.5 Å². The van der Waals surface area contributed by atoms with E-state index in [1.807, 2.05) is 0 Å². The van der Waals surface area contributed by atoms with Crippen LogP contribution in [-0.2, 0) is 14.2 Å². The largest absolute Gasteiger partial charge is 0.394 e. The highest BCUT2D eigenvalue weighted by Gasteiger charge is 2.51. The summed E-state index contributed by atoms with van der Waals surface area (Å²) in [5, 5.41) is 86.8. The molecule has 0 saturated carbocycles. The fourth-order valence-corrected chi connectivity index (χ4v) is 2.78. The Kier molecular flexibility index (Phi) is 7.06. The molecule has 9 N–H and O–H groups in total. The summed E-state index contributed by atoms with van der Waals surface area (Å²) < 4.78 is 15.2. The summed E-state index contributed by atoms with van der Waals surface area (Å²) in [4.78, 5) is 0. The summed E-state index contributed by atoms with van der Waals surface area (Å²) in [6.45, 7) is -1.49. The summed E-state index contributed by atoms with van der Waals surface area (Å²) in [5.41, 5.74) is 0. The molecule has 2 aliphatic heterocycles. The molecule has 0 spiro atoms. The Morgan fingerprint density at radius 1 is 0.800 bits per heavy atom. The standard InChI is InChI=1S/C13H24O12/c14-1-3(16)10-8(20)6(18)9(21)13(24-10)25-11-7(19)5(17)4(2-15)23-12(11)22/h3-22H,1-2H2. The van der Waals surface area contributed by atoms with Gasteiger partial charge in [0.05, 0.1) is 13.2 Å². The molecule has 0 amide bonds. The molecule has 11 atom stereocenters. The third kappa shape index (κ3) is 4.10. The van der Waals surface area contributed by atoms with Crippen molar-refractivity contribution >= 4 is 0 Å². The fraction of sp³-hybridized carbons (Fsp3) is 1.00. The molecule has 0 radical (unpaired) electrons. The number of ether oxygens (including phenoxy) is 3. The monoisotopic (exact) mass is 372 g/mol. The molecule has 0 aromatic carbocycles. The lowest BCUT2D eigenvalue weighted by molar-refractivity contribution is -0.366. The minimum absolute atomic E-state index is 0.680. The van der Waals surface area contributed by atoms with Crippen LogP contribution in [0, 0.1) is 0 Å². The maximum atomic E-state index is 10.0. The molecule has 0 bridgehead atoms. The van der Waals surface area contributed by atoms with E-state index in [2.05, 4.69) is 0 Å². The van der Waals surface area contributed by atoms with Crippen molar-refractivity contribution in [3.8, 4) is 0 Å². The average molecular weight is 372 g/mol. The Balaban J connectivity index is 2.11. The highest BCUT2D eigenvalue weighted by molar-refractivity contribution is 4.94. The van der Waals surface area contributed by atoms with Crippen molar-refractivity contribution in [2.75, 3.05) is 13.2 Å². The molecule has 2 rings (SSSR count). The Hall–Kier alpha value is -0.480. The van der Waals surface area contributed by atoms with E-state index in [4.69, 9.17) is 24.4 Å². The minimum atomic E-state index is -1.83. The maximum absolute atomic E-state index is 10.0. The van der Waals surface area contributed by atoms with Crippen molar-refractivity contribution in [1.82, 2.24) is 0 Å². The second-order valence-electron chi connectivity index (χ2n) is 6.02. The van der Waals surface area contributed by atoms with Crippen LogP contribution < -0.4 is 0 Å². The second-order valence-corrected chi connectivity index (χ2v) is 6.02. The van der Waals surface area contributed by atoms with Crippen LogP contribution in [0.15, 0.2) is 0 Å². The normalized spacial score (nSPS) is 49.8. The fourth-order valence-electron chi connectivity index (χ4n) is 2.78. The lowest BCUT2D eigenvalue weighted by Gasteiger charge is -2.45. The van der Waals surface area contributed by atoms with Gasteiger partial charge in [0.2, 0.25) is 0 Å². The van der Waals surface area contributed by atoms with Gasteiger partial charge in [-0.3, -0.25) is 0 Å². The van der Waals surface area contributed by atoms with Gasteiger partial charge in [0, 0.05) is 0 Å². The van der Waals surface area contributed by atoms with Gasteiger partial charge in [-0.25, -0.2) is 0 Å². The predicted octanol–water partition coefficient (Wildman–Crippen LogP) is -6.04. The Labute approximate surface area is 142 Å². The van der Waals surface area contributed by atoms with Gasteiger partial charge in [0.15, 0.2) is 12.6 Å². The van der Waals surface area contributed by atoms with Gasteiger partial charge in [-0.15, -0.1) is 0 Å². The van der Waals surface area contributed by atoms with E-state index in [0.29, 0.717) is 0 Å². The molecule has 2 saturated heterocycles. The van der Waals surface area contributed by atoms with E-state index in [0.717, 1.165) is 0 Å². The quantitative estimate of drug-likeness (QED) is 0.221. The first-order chi connectivity index (χ1) is 11.7. The molecule has 12 heteroatoms. The molecule has 0 aliphatic carbocycles. The van der Waals surface area contributed by atoms with Crippen LogP contribution in [0.1, 0.15) is 0 Å². The van der Waals surface area contributed by atoms with E-state index in [-0.39, 0.29) is 0 Å². The molecule has 2 aliphatic rings. The zero-order chi connectivity index (χ0) is 18.9. The summed E-state index contributed by atoms with van der Waals surface area (Å²) in [7, 11) is 0. The summed E-state index contributed by atoms with van der Waals surface area (Å²) in [6.07, 6.45) is -18.3. The van der Waals surface area contributed by atoms with Crippen LogP contribution in [0.3, 0.4) is 0 Å². The van der Waals surface area contributed by atoms with Crippen molar-refractivity contribution in [2.24, 2.45) is 0 Å². The number of aliphatic hydroxyl groups excluding tert-OH is 9. The van der Waals surface area contributed by atoms with Gasteiger partial charge in [0.1, 0.15) is 54.9 Å². The van der Waals surface area contributed by atoms with Gasteiger partial charge >= 0.3 is 0 Å². The number of hydrogen-bond acceptors (Lipinski definition) is 12. The third-order valence-corrected chi connectivity index (χ3v) is 4.31. The molecule has 12 nitrogen and oxygen atoms in total. The SMILES string of the molecule is OCC(O)C1OC(OC2C(O)OC(CO)C(O)C2O)C(O)C(O)C1O. The van der Waals surface area contributed by atoms with Gasteiger partial charge < -0.3 is 60.2 Å². The summed E-state index contributed by atoms with van der Waals surface area (Å²) >= 11 is 0. The van der Waals surface area contributed by atoms with Crippen LogP contribution in [0.25, 0.3) is 0 Å². The van der Waals surface area contributed by atoms with Crippen molar-refractivity contribution in [3.05, 3.63) is 0 Å². The van der Waals surface area contributed by atoms with Crippen molar-refractivity contribution in [1.29, 1.82) is 0 Å². The van der Waals surface area contributed by atoms with E-state index in [1.165, 1.54) is 0 Å².